The summed E-state index contributed by atoms with van der Waals surface area (Å²) in [6, 6.07) is 14.6. The zero-order valence-electron chi connectivity index (χ0n) is 13.9. The lowest BCUT2D eigenvalue weighted by Crippen LogP contribution is -2.14. The second-order valence-corrected chi connectivity index (χ2v) is 6.19. The van der Waals surface area contributed by atoms with E-state index in [1.807, 2.05) is 26.0 Å². The maximum atomic E-state index is 12.3. The summed E-state index contributed by atoms with van der Waals surface area (Å²) in [5.74, 6) is 0.245. The predicted octanol–water partition coefficient (Wildman–Crippen LogP) is 4.74. The van der Waals surface area contributed by atoms with Crippen LogP contribution in [-0.2, 0) is 0 Å². The lowest BCUT2D eigenvalue weighted by atomic mass is 10.1. The van der Waals surface area contributed by atoms with E-state index >= 15 is 0 Å². The molecule has 2 N–H and O–H groups in total. The molecule has 0 aliphatic rings. The van der Waals surface area contributed by atoms with Crippen LogP contribution in [0.15, 0.2) is 54.9 Å². The second kappa shape index (κ2) is 7.32. The molecule has 1 heterocycles. The Labute approximate surface area is 151 Å². The van der Waals surface area contributed by atoms with Crippen LogP contribution in [0.4, 0.5) is 17.2 Å². The van der Waals surface area contributed by atoms with Gasteiger partial charge in [-0.25, -0.2) is 9.97 Å². The minimum Gasteiger partial charge on any atom is -0.340 e. The number of rotatable bonds is 4. The van der Waals surface area contributed by atoms with Crippen LogP contribution < -0.4 is 10.6 Å². The van der Waals surface area contributed by atoms with Crippen molar-refractivity contribution in [3.8, 4) is 0 Å². The quantitative estimate of drug-likeness (QED) is 0.711. The summed E-state index contributed by atoms with van der Waals surface area (Å²) in [7, 11) is 0. The Morgan fingerprint density at radius 1 is 0.920 bits per heavy atom. The lowest BCUT2D eigenvalue weighted by Gasteiger charge is -2.09. The molecule has 2 aromatic carbocycles. The van der Waals surface area contributed by atoms with Gasteiger partial charge in [0.05, 0.1) is 0 Å². The van der Waals surface area contributed by atoms with Crippen molar-refractivity contribution >= 4 is 34.7 Å². The number of nitrogens with zero attached hydrogens (tertiary/aromatic N) is 2. The van der Waals surface area contributed by atoms with Gasteiger partial charge in [0.25, 0.3) is 5.91 Å². The average molecular weight is 353 g/mol. The average Bonchev–Trinajstić information content (AvgIpc) is 2.56. The highest BCUT2D eigenvalue weighted by Crippen LogP contribution is 2.19. The third-order valence-corrected chi connectivity index (χ3v) is 3.75. The third-order valence-electron chi connectivity index (χ3n) is 3.50. The van der Waals surface area contributed by atoms with Crippen LogP contribution in [0, 0.1) is 13.8 Å². The molecule has 3 aromatic rings. The molecule has 5 nitrogen and oxygen atoms in total. The Hall–Kier alpha value is -2.92. The van der Waals surface area contributed by atoms with Gasteiger partial charge in [-0.05, 0) is 61.4 Å². The Morgan fingerprint density at radius 2 is 1.60 bits per heavy atom. The van der Waals surface area contributed by atoms with Crippen molar-refractivity contribution in [1.29, 1.82) is 0 Å². The highest BCUT2D eigenvalue weighted by Gasteiger charge is 2.09. The number of amides is 1. The van der Waals surface area contributed by atoms with E-state index in [4.69, 9.17) is 11.6 Å². The topological polar surface area (TPSA) is 66.9 Å². The summed E-state index contributed by atoms with van der Waals surface area (Å²) in [5, 5.41) is 6.59. The standard InChI is InChI=1S/C19H17ClN4O/c1-12-7-13(2)9-16(8-12)23-18-10-17(21-11-22-18)19(25)24-15-5-3-14(20)4-6-15/h3-11H,1-2H3,(H,24,25)(H,21,22,23). The predicted molar refractivity (Wildman–Crippen MR) is 101 cm³/mol. The van der Waals surface area contributed by atoms with E-state index < -0.39 is 0 Å². The molecule has 126 valence electrons. The normalized spacial score (nSPS) is 10.4. The van der Waals surface area contributed by atoms with E-state index in [-0.39, 0.29) is 11.6 Å². The molecule has 1 aromatic heterocycles. The smallest absolute Gasteiger partial charge is 0.274 e. The number of aryl methyl sites for hydroxylation is 2. The van der Waals surface area contributed by atoms with Gasteiger partial charge in [-0.3, -0.25) is 4.79 Å². The van der Waals surface area contributed by atoms with E-state index in [1.165, 1.54) is 6.33 Å². The van der Waals surface area contributed by atoms with Gasteiger partial charge in [0, 0.05) is 22.5 Å². The van der Waals surface area contributed by atoms with E-state index in [2.05, 4.69) is 26.7 Å². The first kappa shape index (κ1) is 16.9. The highest BCUT2D eigenvalue weighted by atomic mass is 35.5. The van der Waals surface area contributed by atoms with E-state index in [0.717, 1.165) is 16.8 Å². The molecule has 0 radical (unpaired) electrons. The number of benzene rings is 2. The zero-order chi connectivity index (χ0) is 17.8. The number of carbonyl (C=O) groups excluding carboxylic acids is 1. The van der Waals surface area contributed by atoms with Crippen LogP contribution in [0.1, 0.15) is 21.6 Å². The Bertz CT molecular complexity index is 889. The molecule has 3 rings (SSSR count). The largest absolute Gasteiger partial charge is 0.340 e. The highest BCUT2D eigenvalue weighted by molar-refractivity contribution is 6.30. The number of carbonyl (C=O) groups is 1. The fourth-order valence-corrected chi connectivity index (χ4v) is 2.60. The summed E-state index contributed by atoms with van der Waals surface area (Å²) < 4.78 is 0. The van der Waals surface area contributed by atoms with Crippen molar-refractivity contribution in [3.05, 3.63) is 76.7 Å². The van der Waals surface area contributed by atoms with Crippen LogP contribution in [0.2, 0.25) is 5.02 Å². The molecule has 0 atom stereocenters. The summed E-state index contributed by atoms with van der Waals surface area (Å²) in [5.41, 5.74) is 4.14. The Balaban J connectivity index is 1.76. The van der Waals surface area contributed by atoms with E-state index in [1.54, 1.807) is 30.3 Å². The minimum atomic E-state index is -0.312. The van der Waals surface area contributed by atoms with Crippen molar-refractivity contribution in [1.82, 2.24) is 9.97 Å². The lowest BCUT2D eigenvalue weighted by molar-refractivity contribution is 0.102. The minimum absolute atomic E-state index is 0.275. The molecule has 0 spiro atoms. The molecule has 6 heteroatoms. The fourth-order valence-electron chi connectivity index (χ4n) is 2.47. The molecule has 25 heavy (non-hydrogen) atoms. The van der Waals surface area contributed by atoms with E-state index in [0.29, 0.717) is 16.5 Å². The monoisotopic (exact) mass is 352 g/mol. The number of hydrogen-bond acceptors (Lipinski definition) is 4. The Morgan fingerprint density at radius 3 is 2.28 bits per heavy atom. The van der Waals surface area contributed by atoms with Crippen LogP contribution in [0.3, 0.4) is 0 Å². The summed E-state index contributed by atoms with van der Waals surface area (Å²) in [4.78, 5) is 20.6. The number of aromatic nitrogens is 2. The second-order valence-electron chi connectivity index (χ2n) is 5.75. The number of hydrogen-bond donors (Lipinski definition) is 2. The molecular formula is C19H17ClN4O. The molecule has 0 fully saturated rings. The van der Waals surface area contributed by atoms with Crippen molar-refractivity contribution in [2.75, 3.05) is 10.6 Å². The molecule has 0 bridgehead atoms. The molecular weight excluding hydrogens is 336 g/mol. The van der Waals surface area contributed by atoms with E-state index in [9.17, 15) is 4.79 Å². The molecule has 0 aliphatic heterocycles. The number of halogens is 1. The van der Waals surface area contributed by atoms with Crippen molar-refractivity contribution in [2.45, 2.75) is 13.8 Å². The van der Waals surface area contributed by atoms with Crippen molar-refractivity contribution < 1.29 is 4.79 Å². The van der Waals surface area contributed by atoms with Crippen LogP contribution in [0.25, 0.3) is 0 Å². The van der Waals surface area contributed by atoms with Gasteiger partial charge < -0.3 is 10.6 Å². The van der Waals surface area contributed by atoms with Gasteiger partial charge in [0.2, 0.25) is 0 Å². The van der Waals surface area contributed by atoms with Gasteiger partial charge in [-0.2, -0.15) is 0 Å². The van der Waals surface area contributed by atoms with Crippen molar-refractivity contribution in [2.24, 2.45) is 0 Å². The summed E-state index contributed by atoms with van der Waals surface area (Å²) in [6.45, 7) is 4.06. The molecule has 0 aliphatic carbocycles. The van der Waals surface area contributed by atoms with Gasteiger partial charge in [-0.1, -0.05) is 17.7 Å². The molecule has 0 unspecified atom stereocenters. The van der Waals surface area contributed by atoms with Gasteiger partial charge >= 0.3 is 0 Å². The van der Waals surface area contributed by atoms with Crippen LogP contribution in [0.5, 0.6) is 0 Å². The fraction of sp³-hybridized carbons (Fsp3) is 0.105. The summed E-state index contributed by atoms with van der Waals surface area (Å²) in [6.07, 6.45) is 1.36. The Kier molecular flexibility index (Phi) is 4.95. The van der Waals surface area contributed by atoms with Crippen LogP contribution >= 0.6 is 11.6 Å². The molecule has 0 saturated heterocycles. The first-order chi connectivity index (χ1) is 12.0. The molecule has 0 saturated carbocycles. The first-order valence-electron chi connectivity index (χ1n) is 7.74. The third kappa shape index (κ3) is 4.55. The van der Waals surface area contributed by atoms with Gasteiger partial charge in [0.15, 0.2) is 0 Å². The zero-order valence-corrected chi connectivity index (χ0v) is 14.6. The SMILES string of the molecule is Cc1cc(C)cc(Nc2cc(C(=O)Nc3ccc(Cl)cc3)ncn2)c1. The van der Waals surface area contributed by atoms with Crippen LogP contribution in [-0.4, -0.2) is 15.9 Å². The number of nitrogens with one attached hydrogen (secondary N) is 2. The molecule has 1 amide bonds. The van der Waals surface area contributed by atoms with Crippen molar-refractivity contribution in [3.63, 3.8) is 0 Å². The van der Waals surface area contributed by atoms with Gasteiger partial charge in [-0.15, -0.1) is 0 Å². The maximum Gasteiger partial charge on any atom is 0.274 e. The number of anilines is 3. The first-order valence-corrected chi connectivity index (χ1v) is 8.12. The maximum absolute atomic E-state index is 12.3. The van der Waals surface area contributed by atoms with Gasteiger partial charge in [0.1, 0.15) is 17.8 Å². The summed E-state index contributed by atoms with van der Waals surface area (Å²) >= 11 is 5.84.